The van der Waals surface area contributed by atoms with Gasteiger partial charge in [-0.15, -0.1) is 22.7 Å². The Labute approximate surface area is 326 Å². The van der Waals surface area contributed by atoms with Crippen molar-refractivity contribution in [2.24, 2.45) is 0 Å². The first-order valence-electron chi connectivity index (χ1n) is 16.6. The van der Waals surface area contributed by atoms with Crippen molar-refractivity contribution >= 4 is 33.8 Å². The minimum absolute atomic E-state index is 0.00911. The van der Waals surface area contributed by atoms with Crippen LogP contribution in [0.5, 0.6) is 0 Å². The van der Waals surface area contributed by atoms with Gasteiger partial charge in [-0.2, -0.15) is 65.9 Å². The van der Waals surface area contributed by atoms with Crippen LogP contribution in [0.2, 0.25) is 0 Å². The average molecular weight is 863 g/mol. The number of thiophene rings is 2. The fraction of sp³-hybridized carbons (Fsp3) is 0.171. The van der Waals surface area contributed by atoms with E-state index in [1.807, 2.05) is 0 Å². The molecule has 0 saturated heterocycles. The molecule has 17 heteroatoms. The summed E-state index contributed by atoms with van der Waals surface area (Å²) in [6.45, 7) is 1.66. The lowest BCUT2D eigenvalue weighted by atomic mass is 9.91. The van der Waals surface area contributed by atoms with E-state index in [0.717, 1.165) is 48.5 Å². The van der Waals surface area contributed by atoms with Crippen LogP contribution in [0.4, 0.5) is 65.9 Å². The van der Waals surface area contributed by atoms with E-state index in [-0.39, 0.29) is 36.9 Å². The van der Waals surface area contributed by atoms with Crippen LogP contribution in [0.3, 0.4) is 0 Å². The Morgan fingerprint density at radius 3 is 0.966 bits per heavy atom. The monoisotopic (exact) mass is 862 g/mol. The van der Waals surface area contributed by atoms with Crippen molar-refractivity contribution in [2.75, 3.05) is 0 Å². The Morgan fingerprint density at radius 1 is 0.397 bits per heavy atom. The van der Waals surface area contributed by atoms with Crippen molar-refractivity contribution in [2.45, 2.75) is 43.2 Å². The van der Waals surface area contributed by atoms with Crippen LogP contribution in [0.15, 0.2) is 109 Å². The number of aryl methyl sites for hydroxylation is 1. The van der Waals surface area contributed by atoms with Gasteiger partial charge in [0.2, 0.25) is 0 Å². The second kappa shape index (κ2) is 13.8. The maximum absolute atomic E-state index is 16.4. The molecular formula is C41H21F15S2. The first kappa shape index (κ1) is 41.1. The van der Waals surface area contributed by atoms with Crippen molar-refractivity contribution in [3.8, 4) is 41.8 Å². The van der Waals surface area contributed by atoms with Gasteiger partial charge in [0, 0.05) is 41.8 Å². The number of allylic oxidation sites excluding steroid dienone is 2. The summed E-state index contributed by atoms with van der Waals surface area (Å²) in [5, 5.41) is 0. The highest BCUT2D eigenvalue weighted by atomic mass is 32.1. The molecule has 302 valence electrons. The number of benzene rings is 4. The van der Waals surface area contributed by atoms with Gasteiger partial charge < -0.3 is 0 Å². The molecule has 1 aliphatic carbocycles. The summed E-state index contributed by atoms with van der Waals surface area (Å²) in [7, 11) is 0. The molecular weight excluding hydrogens is 842 g/mol. The SMILES string of the molecule is Cc1ccc(-c2sc(-c3ccc(C(F)(F)F)cc3)cc2C2=C(c3cc(-c4ccc(C(F)(F)F)cc4)sc3-c3ccc(C(F)(F)F)cc3)C(F)(F)C(F)(F)C2(F)F)cc1. The number of hydrogen-bond donors (Lipinski definition) is 0. The Kier molecular flexibility index (Phi) is 9.78. The molecule has 0 aliphatic heterocycles. The zero-order valence-electron chi connectivity index (χ0n) is 28.9. The summed E-state index contributed by atoms with van der Waals surface area (Å²) in [6.07, 6.45) is -14.4. The molecule has 0 atom stereocenters. The Hall–Kier alpha value is -5.03. The van der Waals surface area contributed by atoms with Crippen LogP contribution in [-0.2, 0) is 18.5 Å². The number of halogens is 15. The van der Waals surface area contributed by atoms with Crippen LogP contribution in [0, 0.1) is 6.92 Å². The van der Waals surface area contributed by atoms with Gasteiger partial charge in [-0.3, -0.25) is 0 Å². The summed E-state index contributed by atoms with van der Waals surface area (Å²) in [5.41, 5.74) is -8.62. The summed E-state index contributed by atoms with van der Waals surface area (Å²) >= 11 is 1.12. The van der Waals surface area contributed by atoms with Gasteiger partial charge >= 0.3 is 36.3 Å². The van der Waals surface area contributed by atoms with Gasteiger partial charge in [0.1, 0.15) is 0 Å². The lowest BCUT2D eigenvalue weighted by Gasteiger charge is -2.26. The standard InChI is InChI=1S/C41H21F15S2/c1-20-2-4-23(5-3-20)34-28(18-30(57-34)21-6-12-25(13-7-21)38(46,47)48)32-33(37(44,45)41(55,56)36(32,42)43)29-19-31(22-8-14-26(15-9-22)39(49,50)51)58-35(29)24-10-16-27(17-11-24)40(52,53)54/h2-19H,1H3. The molecule has 0 nitrogen and oxygen atoms in total. The first-order chi connectivity index (χ1) is 26.8. The van der Waals surface area contributed by atoms with E-state index in [1.165, 1.54) is 24.3 Å². The van der Waals surface area contributed by atoms with Crippen LogP contribution in [-0.4, -0.2) is 17.8 Å². The third-order valence-electron chi connectivity index (χ3n) is 9.45. The van der Waals surface area contributed by atoms with E-state index in [2.05, 4.69) is 0 Å². The molecule has 0 spiro atoms. The largest absolute Gasteiger partial charge is 0.416 e. The molecule has 0 saturated carbocycles. The molecule has 0 bridgehead atoms. The molecule has 7 rings (SSSR count). The predicted molar refractivity (Wildman–Crippen MR) is 192 cm³/mol. The zero-order valence-corrected chi connectivity index (χ0v) is 30.5. The van der Waals surface area contributed by atoms with E-state index >= 15 is 26.3 Å². The molecule has 1 aliphatic rings. The van der Waals surface area contributed by atoms with Crippen LogP contribution in [0.25, 0.3) is 52.9 Å². The highest BCUT2D eigenvalue weighted by molar-refractivity contribution is 7.19. The minimum Gasteiger partial charge on any atom is -0.194 e. The second-order valence-electron chi connectivity index (χ2n) is 13.3. The smallest absolute Gasteiger partial charge is 0.194 e. The average Bonchev–Trinajstić information content (AvgIpc) is 3.80. The maximum atomic E-state index is 16.4. The number of hydrogen-bond acceptors (Lipinski definition) is 2. The van der Waals surface area contributed by atoms with Gasteiger partial charge in [-0.25, -0.2) is 0 Å². The van der Waals surface area contributed by atoms with Crippen LogP contribution >= 0.6 is 22.7 Å². The minimum atomic E-state index is -6.13. The third kappa shape index (κ3) is 6.99. The lowest BCUT2D eigenvalue weighted by molar-refractivity contribution is -0.254. The second-order valence-corrected chi connectivity index (χ2v) is 15.4. The Bertz CT molecular complexity index is 2510. The summed E-state index contributed by atoms with van der Waals surface area (Å²) < 4.78 is 218. The molecule has 0 amide bonds. The topological polar surface area (TPSA) is 0 Å². The molecule has 58 heavy (non-hydrogen) atoms. The van der Waals surface area contributed by atoms with E-state index in [9.17, 15) is 39.5 Å². The third-order valence-corrected chi connectivity index (χ3v) is 11.9. The Morgan fingerprint density at radius 2 is 0.672 bits per heavy atom. The van der Waals surface area contributed by atoms with Gasteiger partial charge in [0.15, 0.2) is 0 Å². The van der Waals surface area contributed by atoms with Gasteiger partial charge in [0.05, 0.1) is 16.7 Å². The van der Waals surface area contributed by atoms with Crippen LogP contribution in [0.1, 0.15) is 33.4 Å². The molecule has 0 unspecified atom stereocenters. The van der Waals surface area contributed by atoms with E-state index in [4.69, 9.17) is 0 Å². The van der Waals surface area contributed by atoms with Gasteiger partial charge in [0.25, 0.3) is 0 Å². The summed E-state index contributed by atoms with van der Waals surface area (Å²) in [6, 6.07) is 16.6. The van der Waals surface area contributed by atoms with E-state index < -0.39 is 80.1 Å². The molecule has 2 aromatic heterocycles. The number of alkyl halides is 15. The Balaban J connectivity index is 1.55. The van der Waals surface area contributed by atoms with E-state index in [1.54, 1.807) is 6.92 Å². The number of rotatable bonds is 6. The van der Waals surface area contributed by atoms with E-state index in [0.29, 0.717) is 64.6 Å². The van der Waals surface area contributed by atoms with Crippen molar-refractivity contribution in [1.82, 2.24) is 0 Å². The summed E-state index contributed by atoms with van der Waals surface area (Å²) in [5.74, 6) is -17.5. The highest BCUT2D eigenvalue weighted by Crippen LogP contribution is 2.67. The molecule has 0 radical (unpaired) electrons. The van der Waals surface area contributed by atoms with Crippen molar-refractivity contribution < 1.29 is 65.9 Å². The predicted octanol–water partition coefficient (Wildman–Crippen LogP) is 15.7. The molecule has 6 aromatic rings. The van der Waals surface area contributed by atoms with Gasteiger partial charge in [-0.1, -0.05) is 66.2 Å². The van der Waals surface area contributed by atoms with Crippen LogP contribution < -0.4 is 0 Å². The zero-order chi connectivity index (χ0) is 42.4. The summed E-state index contributed by atoms with van der Waals surface area (Å²) in [4.78, 5) is -0.988. The van der Waals surface area contributed by atoms with Crippen molar-refractivity contribution in [1.29, 1.82) is 0 Å². The molecule has 2 heterocycles. The molecule has 4 aromatic carbocycles. The first-order valence-corrected chi connectivity index (χ1v) is 18.2. The molecule has 0 N–H and O–H groups in total. The van der Waals surface area contributed by atoms with Crippen molar-refractivity contribution in [3.05, 3.63) is 143 Å². The lowest BCUT2D eigenvalue weighted by Crippen LogP contribution is -2.48. The fourth-order valence-electron chi connectivity index (χ4n) is 6.46. The fourth-order valence-corrected chi connectivity index (χ4v) is 8.81. The maximum Gasteiger partial charge on any atom is 0.416 e. The highest BCUT2D eigenvalue weighted by Gasteiger charge is 2.80. The quantitative estimate of drug-likeness (QED) is 0.146. The van der Waals surface area contributed by atoms with Gasteiger partial charge in [-0.05, 0) is 77.7 Å². The normalized spacial score (nSPS) is 16.6. The molecule has 0 fully saturated rings. The van der Waals surface area contributed by atoms with Crippen molar-refractivity contribution in [3.63, 3.8) is 0 Å².